The molecule has 2 rings (SSSR count). The summed E-state index contributed by atoms with van der Waals surface area (Å²) in [6.45, 7) is 4.24. The van der Waals surface area contributed by atoms with Crippen LogP contribution in [-0.4, -0.2) is 28.0 Å². The van der Waals surface area contributed by atoms with Crippen molar-refractivity contribution in [2.45, 2.75) is 20.5 Å². The second-order valence-electron chi connectivity index (χ2n) is 4.42. The lowest BCUT2D eigenvalue weighted by atomic mass is 10.1. The predicted octanol–water partition coefficient (Wildman–Crippen LogP) is 2.33. The molecule has 0 saturated heterocycles. The molecule has 5 heteroatoms. The maximum Gasteiger partial charge on any atom is 0.339 e. The zero-order valence-electron chi connectivity index (χ0n) is 11.2. The average molecular weight is 260 g/mol. The summed E-state index contributed by atoms with van der Waals surface area (Å²) in [7, 11) is 1.53. The normalized spacial score (nSPS) is 10.7. The Bertz CT molecular complexity index is 617. The number of hydrogen-bond donors (Lipinski definition) is 1. The third-order valence-electron chi connectivity index (χ3n) is 3.12. The Hall–Kier alpha value is -2.14. The third kappa shape index (κ3) is 2.51. The Kier molecular flexibility index (Phi) is 3.66. The smallest absolute Gasteiger partial charge is 0.339 e. The lowest BCUT2D eigenvalue weighted by Crippen LogP contribution is -2.08. The SMILES string of the molecule is COCc1c(C(=O)O)cnn1-c1ccc(C)c(C)c1. The fourth-order valence-corrected chi connectivity index (χ4v) is 1.91. The molecular formula is C14H16N2O3. The second-order valence-corrected chi connectivity index (χ2v) is 4.42. The van der Waals surface area contributed by atoms with E-state index < -0.39 is 5.97 Å². The van der Waals surface area contributed by atoms with E-state index in [1.54, 1.807) is 4.68 Å². The number of aromatic carboxylic acids is 1. The Morgan fingerprint density at radius 2 is 2.11 bits per heavy atom. The van der Waals surface area contributed by atoms with Crippen molar-refractivity contribution in [3.63, 3.8) is 0 Å². The highest BCUT2D eigenvalue weighted by atomic mass is 16.5. The minimum atomic E-state index is -0.998. The molecule has 0 amide bonds. The van der Waals surface area contributed by atoms with Crippen molar-refractivity contribution in [1.29, 1.82) is 0 Å². The van der Waals surface area contributed by atoms with Gasteiger partial charge in [0, 0.05) is 7.11 Å². The number of benzene rings is 1. The van der Waals surface area contributed by atoms with Crippen LogP contribution in [0.4, 0.5) is 0 Å². The van der Waals surface area contributed by atoms with Crippen LogP contribution in [0.2, 0.25) is 0 Å². The third-order valence-corrected chi connectivity index (χ3v) is 3.12. The van der Waals surface area contributed by atoms with Gasteiger partial charge in [-0.1, -0.05) is 6.07 Å². The number of aromatic nitrogens is 2. The van der Waals surface area contributed by atoms with Gasteiger partial charge < -0.3 is 9.84 Å². The zero-order chi connectivity index (χ0) is 14.0. The summed E-state index contributed by atoms with van der Waals surface area (Å²) in [4.78, 5) is 11.2. The van der Waals surface area contributed by atoms with Crippen molar-refractivity contribution in [1.82, 2.24) is 9.78 Å². The number of rotatable bonds is 4. The van der Waals surface area contributed by atoms with Crippen molar-refractivity contribution in [3.05, 3.63) is 46.8 Å². The van der Waals surface area contributed by atoms with Gasteiger partial charge >= 0.3 is 5.97 Å². The molecule has 1 heterocycles. The zero-order valence-corrected chi connectivity index (χ0v) is 11.2. The van der Waals surface area contributed by atoms with Gasteiger partial charge in [0.15, 0.2) is 0 Å². The summed E-state index contributed by atoms with van der Waals surface area (Å²) in [5.74, 6) is -0.998. The fraction of sp³-hybridized carbons (Fsp3) is 0.286. The summed E-state index contributed by atoms with van der Waals surface area (Å²) >= 11 is 0. The largest absolute Gasteiger partial charge is 0.478 e. The summed E-state index contributed by atoms with van der Waals surface area (Å²) in [5.41, 5.74) is 3.86. The molecule has 0 saturated carbocycles. The van der Waals surface area contributed by atoms with Crippen LogP contribution < -0.4 is 0 Å². The van der Waals surface area contributed by atoms with Gasteiger partial charge in [0.25, 0.3) is 0 Å². The van der Waals surface area contributed by atoms with Crippen molar-refractivity contribution >= 4 is 5.97 Å². The number of carboxylic acids is 1. The number of ether oxygens (including phenoxy) is 1. The highest BCUT2D eigenvalue weighted by Gasteiger charge is 2.17. The number of aryl methyl sites for hydroxylation is 2. The lowest BCUT2D eigenvalue weighted by Gasteiger charge is -2.09. The topological polar surface area (TPSA) is 64.3 Å². The van der Waals surface area contributed by atoms with Gasteiger partial charge in [-0.15, -0.1) is 0 Å². The molecule has 1 aromatic heterocycles. The Labute approximate surface area is 111 Å². The van der Waals surface area contributed by atoms with Gasteiger partial charge in [0.05, 0.1) is 24.2 Å². The summed E-state index contributed by atoms with van der Waals surface area (Å²) in [6, 6.07) is 5.89. The molecule has 0 fully saturated rings. The molecule has 1 aromatic carbocycles. The van der Waals surface area contributed by atoms with Crippen LogP contribution in [0, 0.1) is 13.8 Å². The molecule has 5 nitrogen and oxygen atoms in total. The highest BCUT2D eigenvalue weighted by Crippen LogP contribution is 2.18. The van der Waals surface area contributed by atoms with Crippen LogP contribution in [0.25, 0.3) is 5.69 Å². The molecular weight excluding hydrogens is 244 g/mol. The van der Waals surface area contributed by atoms with Crippen LogP contribution in [0.15, 0.2) is 24.4 Å². The van der Waals surface area contributed by atoms with E-state index >= 15 is 0 Å². The number of nitrogens with zero attached hydrogens (tertiary/aromatic N) is 2. The molecule has 0 spiro atoms. The van der Waals surface area contributed by atoms with Crippen LogP contribution in [0.5, 0.6) is 0 Å². The number of hydrogen-bond acceptors (Lipinski definition) is 3. The summed E-state index contributed by atoms with van der Waals surface area (Å²) in [5, 5.41) is 13.3. The standard InChI is InChI=1S/C14H16N2O3/c1-9-4-5-11(6-10(9)2)16-13(8-19-3)12(7-15-16)14(17)18/h4-7H,8H2,1-3H3,(H,17,18). The minimum absolute atomic E-state index is 0.167. The van der Waals surface area contributed by atoms with E-state index in [9.17, 15) is 4.79 Å². The molecule has 0 radical (unpaired) electrons. The molecule has 19 heavy (non-hydrogen) atoms. The molecule has 0 aliphatic carbocycles. The number of carbonyl (C=O) groups is 1. The molecule has 1 N–H and O–H groups in total. The first-order valence-electron chi connectivity index (χ1n) is 5.91. The maximum atomic E-state index is 11.2. The Morgan fingerprint density at radius 3 is 2.68 bits per heavy atom. The van der Waals surface area contributed by atoms with Crippen LogP contribution in [-0.2, 0) is 11.3 Å². The van der Waals surface area contributed by atoms with Crippen LogP contribution in [0.1, 0.15) is 27.2 Å². The van der Waals surface area contributed by atoms with Crippen molar-refractivity contribution < 1.29 is 14.6 Å². The first kappa shape index (κ1) is 13.3. The van der Waals surface area contributed by atoms with Gasteiger partial charge in [-0.3, -0.25) is 0 Å². The molecule has 2 aromatic rings. The average Bonchev–Trinajstić information content (AvgIpc) is 2.77. The van der Waals surface area contributed by atoms with E-state index in [1.165, 1.54) is 18.9 Å². The summed E-state index contributed by atoms with van der Waals surface area (Å²) in [6.07, 6.45) is 1.35. The summed E-state index contributed by atoms with van der Waals surface area (Å²) < 4.78 is 6.68. The van der Waals surface area contributed by atoms with E-state index in [0.717, 1.165) is 11.3 Å². The Morgan fingerprint density at radius 1 is 1.37 bits per heavy atom. The predicted molar refractivity (Wildman–Crippen MR) is 70.7 cm³/mol. The van der Waals surface area contributed by atoms with Gasteiger partial charge in [0.1, 0.15) is 5.56 Å². The van der Waals surface area contributed by atoms with Gasteiger partial charge in [-0.2, -0.15) is 5.10 Å². The highest BCUT2D eigenvalue weighted by molar-refractivity contribution is 5.88. The first-order chi connectivity index (χ1) is 9.04. The lowest BCUT2D eigenvalue weighted by molar-refractivity contribution is 0.0691. The molecule has 0 aliphatic rings. The first-order valence-corrected chi connectivity index (χ1v) is 5.91. The van der Waals surface area contributed by atoms with E-state index in [4.69, 9.17) is 9.84 Å². The monoisotopic (exact) mass is 260 g/mol. The Balaban J connectivity index is 2.55. The van der Waals surface area contributed by atoms with E-state index in [0.29, 0.717) is 5.69 Å². The molecule has 0 aliphatic heterocycles. The van der Waals surface area contributed by atoms with Crippen molar-refractivity contribution in [3.8, 4) is 5.69 Å². The maximum absolute atomic E-state index is 11.2. The molecule has 0 bridgehead atoms. The van der Waals surface area contributed by atoms with E-state index in [2.05, 4.69) is 5.10 Å². The minimum Gasteiger partial charge on any atom is -0.478 e. The van der Waals surface area contributed by atoms with Gasteiger partial charge in [0.2, 0.25) is 0 Å². The quantitative estimate of drug-likeness (QED) is 0.916. The van der Waals surface area contributed by atoms with Crippen LogP contribution >= 0.6 is 0 Å². The van der Waals surface area contributed by atoms with Crippen molar-refractivity contribution in [2.75, 3.05) is 7.11 Å². The molecule has 0 atom stereocenters. The van der Waals surface area contributed by atoms with Gasteiger partial charge in [-0.05, 0) is 37.1 Å². The number of carboxylic acid groups (broad SMARTS) is 1. The van der Waals surface area contributed by atoms with Crippen molar-refractivity contribution in [2.24, 2.45) is 0 Å². The fourth-order valence-electron chi connectivity index (χ4n) is 1.91. The molecule has 100 valence electrons. The molecule has 0 unspecified atom stereocenters. The van der Waals surface area contributed by atoms with E-state index in [1.807, 2.05) is 32.0 Å². The van der Waals surface area contributed by atoms with Gasteiger partial charge in [-0.25, -0.2) is 9.48 Å². The van der Waals surface area contributed by atoms with E-state index in [-0.39, 0.29) is 12.2 Å². The van der Waals surface area contributed by atoms with Crippen LogP contribution in [0.3, 0.4) is 0 Å². The number of methoxy groups -OCH3 is 1. The second kappa shape index (κ2) is 5.24.